The Kier molecular flexibility index (Phi) is 15.5. The Morgan fingerprint density at radius 2 is 1.27 bits per heavy atom. The topological polar surface area (TPSA) is 9.23 Å². The van der Waals surface area contributed by atoms with Gasteiger partial charge in [0.1, 0.15) is 0 Å². The van der Waals surface area contributed by atoms with E-state index in [2.05, 4.69) is 0 Å². The van der Waals surface area contributed by atoms with Crippen molar-refractivity contribution in [2.24, 2.45) is 0 Å². The average molecular weight is 160 g/mol. The molecule has 0 heterocycles. The summed E-state index contributed by atoms with van der Waals surface area (Å²) in [6, 6.07) is 0. The summed E-state index contributed by atoms with van der Waals surface area (Å²) in [5.41, 5.74) is 0. The predicted octanol–water partition coefficient (Wildman–Crippen LogP) is 3.63. The van der Waals surface area contributed by atoms with Crippen molar-refractivity contribution >= 4 is 0 Å². The van der Waals surface area contributed by atoms with Gasteiger partial charge in [-0.05, 0) is 12.8 Å². The molecule has 0 aromatic rings. The number of methoxy groups -OCH3 is 1. The Bertz CT molecular complexity index is 46.8. The van der Waals surface area contributed by atoms with Crippen LogP contribution in [0, 0.1) is 0 Å². The molecule has 1 rings (SSSR count). The van der Waals surface area contributed by atoms with E-state index in [0.29, 0.717) is 6.10 Å². The molecule has 0 N–H and O–H groups in total. The normalized spacial score (nSPS) is 16.1. The van der Waals surface area contributed by atoms with Gasteiger partial charge in [0.25, 0.3) is 0 Å². The molecular formula is C10H24O. The van der Waals surface area contributed by atoms with E-state index in [4.69, 9.17) is 4.74 Å². The van der Waals surface area contributed by atoms with Gasteiger partial charge in [0.05, 0.1) is 6.10 Å². The summed E-state index contributed by atoms with van der Waals surface area (Å²) < 4.78 is 5.11. The molecular weight excluding hydrogens is 136 g/mol. The lowest BCUT2D eigenvalue weighted by Gasteiger charge is -2.02. The summed E-state index contributed by atoms with van der Waals surface area (Å²) in [4.78, 5) is 0. The Labute approximate surface area is 72.1 Å². The zero-order valence-electron chi connectivity index (χ0n) is 8.81. The van der Waals surface area contributed by atoms with Crippen molar-refractivity contribution < 1.29 is 4.74 Å². The highest BCUT2D eigenvalue weighted by Gasteiger charge is 2.12. The highest BCUT2D eigenvalue weighted by Crippen LogP contribution is 2.19. The molecule has 0 atom stereocenters. The van der Waals surface area contributed by atoms with Crippen LogP contribution in [0.2, 0.25) is 0 Å². The van der Waals surface area contributed by atoms with E-state index < -0.39 is 0 Å². The lowest BCUT2D eigenvalue weighted by Crippen LogP contribution is -2.01. The lowest BCUT2D eigenvalue weighted by molar-refractivity contribution is 0.109. The van der Waals surface area contributed by atoms with E-state index in [1.54, 1.807) is 7.11 Å². The average Bonchev–Trinajstić information content (AvgIpc) is 2.63. The van der Waals surface area contributed by atoms with Crippen molar-refractivity contribution in [3.63, 3.8) is 0 Å². The van der Waals surface area contributed by atoms with Crippen LogP contribution in [0.5, 0.6) is 0 Å². The molecule has 11 heavy (non-hydrogen) atoms. The molecule has 70 valence electrons. The van der Waals surface area contributed by atoms with Crippen LogP contribution in [0.1, 0.15) is 53.4 Å². The van der Waals surface area contributed by atoms with Gasteiger partial charge in [-0.3, -0.25) is 0 Å². The van der Waals surface area contributed by atoms with Gasteiger partial charge in [-0.25, -0.2) is 0 Å². The smallest absolute Gasteiger partial charge is 0.0571 e. The maximum Gasteiger partial charge on any atom is 0.0571 e. The number of hydrogen-bond donors (Lipinski definition) is 0. The lowest BCUT2D eigenvalue weighted by atomic mass is 10.3. The summed E-state index contributed by atoms with van der Waals surface area (Å²) in [5.74, 6) is 0. The molecule has 0 amide bonds. The molecule has 0 bridgehead atoms. The largest absolute Gasteiger partial charge is 0.381 e. The first kappa shape index (κ1) is 13.5. The third kappa shape index (κ3) is 7.86. The van der Waals surface area contributed by atoms with Crippen LogP contribution in [0.3, 0.4) is 0 Å². The molecule has 0 unspecified atom stereocenters. The Hall–Kier alpha value is -0.0400. The summed E-state index contributed by atoms with van der Waals surface area (Å²) in [5, 5.41) is 0. The Morgan fingerprint density at radius 3 is 1.45 bits per heavy atom. The fourth-order valence-corrected chi connectivity index (χ4v) is 1.12. The number of ether oxygens (including phenoxy) is 1. The van der Waals surface area contributed by atoms with Gasteiger partial charge in [-0.15, -0.1) is 0 Å². The molecule has 1 fully saturated rings. The Morgan fingerprint density at radius 1 is 0.909 bits per heavy atom. The Balaban J connectivity index is 0. The maximum absolute atomic E-state index is 5.11. The van der Waals surface area contributed by atoms with Gasteiger partial charge in [-0.2, -0.15) is 0 Å². The van der Waals surface area contributed by atoms with Crippen LogP contribution in [-0.2, 0) is 4.74 Å². The number of hydrogen-bond acceptors (Lipinski definition) is 1. The highest BCUT2D eigenvalue weighted by molar-refractivity contribution is 4.65. The molecule has 0 aliphatic heterocycles. The van der Waals surface area contributed by atoms with Gasteiger partial charge in [-0.1, -0.05) is 40.5 Å². The summed E-state index contributed by atoms with van der Waals surface area (Å²) >= 11 is 0. The molecule has 0 spiro atoms. The van der Waals surface area contributed by atoms with Crippen molar-refractivity contribution in [3.8, 4) is 0 Å². The monoisotopic (exact) mass is 160 g/mol. The molecule has 1 heteroatoms. The van der Waals surface area contributed by atoms with Crippen LogP contribution in [0.25, 0.3) is 0 Å². The van der Waals surface area contributed by atoms with Gasteiger partial charge in [0.2, 0.25) is 0 Å². The first-order chi connectivity index (χ1) is 5.43. The van der Waals surface area contributed by atoms with Crippen LogP contribution in [0.4, 0.5) is 0 Å². The second-order valence-electron chi connectivity index (χ2n) is 2.14. The van der Waals surface area contributed by atoms with Crippen LogP contribution in [-0.4, -0.2) is 13.2 Å². The van der Waals surface area contributed by atoms with E-state index in [1.807, 2.05) is 27.7 Å². The SMILES string of the molecule is CC.CC.COC1CCCC1. The summed E-state index contributed by atoms with van der Waals surface area (Å²) in [7, 11) is 1.80. The molecule has 1 nitrogen and oxygen atoms in total. The summed E-state index contributed by atoms with van der Waals surface area (Å²) in [6.07, 6.45) is 5.92. The van der Waals surface area contributed by atoms with Crippen LogP contribution in [0.15, 0.2) is 0 Å². The fraction of sp³-hybridized carbons (Fsp3) is 1.00. The minimum atomic E-state index is 0.597. The highest BCUT2D eigenvalue weighted by atomic mass is 16.5. The molecule has 0 saturated heterocycles. The third-order valence-electron chi connectivity index (χ3n) is 1.64. The van der Waals surface area contributed by atoms with Crippen LogP contribution < -0.4 is 0 Å². The minimum Gasteiger partial charge on any atom is -0.381 e. The molecule has 0 aromatic heterocycles. The molecule has 1 saturated carbocycles. The quantitative estimate of drug-likeness (QED) is 0.569. The molecule has 1 aliphatic rings. The van der Waals surface area contributed by atoms with E-state index >= 15 is 0 Å². The van der Waals surface area contributed by atoms with Gasteiger partial charge in [0.15, 0.2) is 0 Å². The minimum absolute atomic E-state index is 0.597. The summed E-state index contributed by atoms with van der Waals surface area (Å²) in [6.45, 7) is 8.00. The second kappa shape index (κ2) is 12.6. The van der Waals surface area contributed by atoms with E-state index in [0.717, 1.165) is 0 Å². The first-order valence-corrected chi connectivity index (χ1v) is 4.96. The van der Waals surface area contributed by atoms with E-state index in [9.17, 15) is 0 Å². The molecule has 1 aliphatic carbocycles. The van der Waals surface area contributed by atoms with Crippen molar-refractivity contribution in [3.05, 3.63) is 0 Å². The standard InChI is InChI=1S/C6H12O.2C2H6/c1-7-6-4-2-3-5-6;2*1-2/h6H,2-5H2,1H3;2*1-2H3. The molecule has 0 aromatic carbocycles. The fourth-order valence-electron chi connectivity index (χ4n) is 1.12. The second-order valence-corrected chi connectivity index (χ2v) is 2.14. The third-order valence-corrected chi connectivity index (χ3v) is 1.64. The van der Waals surface area contributed by atoms with Gasteiger partial charge in [0, 0.05) is 7.11 Å². The first-order valence-electron chi connectivity index (χ1n) is 4.96. The predicted molar refractivity (Wildman–Crippen MR) is 52.0 cm³/mol. The van der Waals surface area contributed by atoms with Crippen molar-refractivity contribution in [1.82, 2.24) is 0 Å². The zero-order chi connectivity index (χ0) is 9.11. The van der Waals surface area contributed by atoms with Crippen LogP contribution >= 0.6 is 0 Å². The van der Waals surface area contributed by atoms with Crippen molar-refractivity contribution in [2.75, 3.05) is 7.11 Å². The maximum atomic E-state index is 5.11. The molecule has 0 radical (unpaired) electrons. The van der Waals surface area contributed by atoms with E-state index in [-0.39, 0.29) is 0 Å². The van der Waals surface area contributed by atoms with Crippen molar-refractivity contribution in [2.45, 2.75) is 59.5 Å². The van der Waals surface area contributed by atoms with E-state index in [1.165, 1.54) is 25.7 Å². The zero-order valence-corrected chi connectivity index (χ0v) is 8.81. The van der Waals surface area contributed by atoms with Gasteiger partial charge < -0.3 is 4.74 Å². The van der Waals surface area contributed by atoms with Gasteiger partial charge >= 0.3 is 0 Å². The van der Waals surface area contributed by atoms with Crippen molar-refractivity contribution in [1.29, 1.82) is 0 Å². The number of rotatable bonds is 1.